The van der Waals surface area contributed by atoms with Gasteiger partial charge in [-0.05, 0) is 6.92 Å². The lowest BCUT2D eigenvalue weighted by Crippen LogP contribution is -1.87. The third-order valence-electron chi connectivity index (χ3n) is 0.371. The Morgan fingerprint density at radius 2 is 1.21 bits per heavy atom. The second-order valence-corrected chi connectivity index (χ2v) is 2.11. The molecule has 0 aliphatic heterocycles. The van der Waals surface area contributed by atoms with E-state index in [4.69, 9.17) is 19.8 Å². The summed E-state index contributed by atoms with van der Waals surface area (Å²) in [5.41, 5.74) is 0. The van der Waals surface area contributed by atoms with Crippen LogP contribution in [0.4, 0.5) is 0 Å². The quantitative estimate of drug-likeness (QED) is 0.498. The Bertz CT molecular complexity index is 176. The van der Waals surface area contributed by atoms with Crippen LogP contribution < -0.4 is 0 Å². The molecule has 6 heteroatoms. The summed E-state index contributed by atoms with van der Waals surface area (Å²) >= 11 is 0. The van der Waals surface area contributed by atoms with Gasteiger partial charge in [0.05, 0.1) is 6.42 Å². The van der Waals surface area contributed by atoms with E-state index in [9.17, 15) is 9.59 Å². The highest BCUT2D eigenvalue weighted by Gasteiger charge is 1.83. The number of Topliss-reactive ketones (excluding diaryl/α,β-unsaturated/α-hetero) is 1. The maximum atomic E-state index is 9.81. The van der Waals surface area contributed by atoms with E-state index in [1.807, 2.05) is 0 Å². The Morgan fingerprint density at radius 1 is 1.00 bits per heavy atom. The Balaban J connectivity index is -0.000000135. The summed E-state index contributed by atoms with van der Waals surface area (Å²) in [7, 11) is 0. The van der Waals surface area contributed by atoms with E-state index in [0.717, 1.165) is 13.8 Å². The minimum Gasteiger partial charge on any atom is -0.481 e. The molecule has 0 aromatic heterocycles. The average Bonchev–Trinajstić information content (AvgIpc) is 1.82. The van der Waals surface area contributed by atoms with Gasteiger partial charge in [-0.15, -0.1) is 0 Å². The molecule has 14 heavy (non-hydrogen) atoms. The molecule has 0 atom stereocenters. The first-order valence-electron chi connectivity index (χ1n) is 3.56. The third-order valence-corrected chi connectivity index (χ3v) is 0.371. The fourth-order valence-corrected chi connectivity index (χ4v) is 0.117. The molecule has 2 N–H and O–H groups in total. The van der Waals surface area contributed by atoms with E-state index < -0.39 is 11.9 Å². The van der Waals surface area contributed by atoms with Crippen LogP contribution in [0.15, 0.2) is 0 Å². The number of carbonyl (C=O) groups excluding carboxylic acids is 2. The number of rotatable bonds is 2. The summed E-state index contributed by atoms with van der Waals surface area (Å²) in [4.78, 5) is 37.2. The summed E-state index contributed by atoms with van der Waals surface area (Å²) in [5.74, 6) is -1.75. The molecule has 6 nitrogen and oxygen atoms in total. The molecule has 0 aromatic rings. The maximum Gasteiger partial charge on any atom is 0.300 e. The predicted octanol–water partition coefficient (Wildman–Crippen LogP) is 0.346. The zero-order valence-electron chi connectivity index (χ0n) is 8.31. The zero-order chi connectivity index (χ0) is 12.1. The van der Waals surface area contributed by atoms with Crippen LogP contribution in [0.3, 0.4) is 0 Å². The Kier molecular flexibility index (Phi) is 17.9. The van der Waals surface area contributed by atoms with Crippen LogP contribution in [0.1, 0.15) is 27.2 Å². The minimum atomic E-state index is -0.833. The average molecular weight is 206 g/mol. The zero-order valence-corrected chi connectivity index (χ0v) is 8.31. The smallest absolute Gasteiger partial charge is 0.300 e. The van der Waals surface area contributed by atoms with Crippen molar-refractivity contribution in [3.8, 4) is 0 Å². The van der Waals surface area contributed by atoms with Gasteiger partial charge in [-0.3, -0.25) is 14.4 Å². The molecule has 0 aliphatic rings. The second kappa shape index (κ2) is 13.8. The summed E-state index contributed by atoms with van der Waals surface area (Å²) in [6, 6.07) is 0. The molecule has 0 saturated heterocycles. The molecule has 0 heterocycles. The first-order chi connectivity index (χ1) is 6.23. The molecule has 0 saturated carbocycles. The minimum absolute atomic E-state index is 0.0556. The molecule has 82 valence electrons. The van der Waals surface area contributed by atoms with E-state index in [2.05, 4.69) is 0 Å². The van der Waals surface area contributed by atoms with Crippen molar-refractivity contribution in [1.29, 1.82) is 0 Å². The van der Waals surface area contributed by atoms with Crippen LogP contribution in [0.25, 0.3) is 0 Å². The van der Waals surface area contributed by atoms with Crippen LogP contribution in [0.5, 0.6) is 0 Å². The van der Waals surface area contributed by atoms with E-state index in [0.29, 0.717) is 6.29 Å². The topological polar surface area (TPSA) is 109 Å². The van der Waals surface area contributed by atoms with Gasteiger partial charge in [0.1, 0.15) is 12.1 Å². The molecular formula is C8H14O6. The van der Waals surface area contributed by atoms with Gasteiger partial charge in [-0.25, -0.2) is 0 Å². The van der Waals surface area contributed by atoms with E-state index >= 15 is 0 Å². The standard InChI is InChI=1S/C4H6O2.2C2H4O2/c1-4(6)2-3-5;2*1-2(3)4/h3H,2H2,1H3;2*1H3,(H,3,4). The summed E-state index contributed by atoms with van der Waals surface area (Å²) in [6.45, 7) is 3.55. The SMILES string of the molecule is CC(=O)CC=O.CC(=O)O.CC(=O)O. The van der Waals surface area contributed by atoms with Gasteiger partial charge in [0.15, 0.2) is 0 Å². The number of hydrogen-bond acceptors (Lipinski definition) is 4. The van der Waals surface area contributed by atoms with Gasteiger partial charge in [0.2, 0.25) is 0 Å². The first-order valence-corrected chi connectivity index (χ1v) is 3.56. The van der Waals surface area contributed by atoms with Crippen molar-refractivity contribution in [3.05, 3.63) is 0 Å². The van der Waals surface area contributed by atoms with Gasteiger partial charge in [0, 0.05) is 13.8 Å². The monoisotopic (exact) mass is 206 g/mol. The fourth-order valence-electron chi connectivity index (χ4n) is 0.117. The van der Waals surface area contributed by atoms with Crippen LogP contribution in [-0.4, -0.2) is 34.2 Å². The molecule has 0 amide bonds. The van der Waals surface area contributed by atoms with Crippen molar-refractivity contribution in [1.82, 2.24) is 0 Å². The Morgan fingerprint density at radius 3 is 1.21 bits per heavy atom. The van der Waals surface area contributed by atoms with Gasteiger partial charge in [-0.2, -0.15) is 0 Å². The van der Waals surface area contributed by atoms with E-state index in [-0.39, 0.29) is 12.2 Å². The Labute approximate surface area is 81.5 Å². The van der Waals surface area contributed by atoms with Crippen LogP contribution in [0, 0.1) is 0 Å². The molecule has 0 rings (SSSR count). The Hall–Kier alpha value is -1.72. The van der Waals surface area contributed by atoms with Crippen molar-refractivity contribution >= 4 is 24.0 Å². The summed E-state index contributed by atoms with van der Waals surface area (Å²) in [6.07, 6.45) is 0.655. The number of aliphatic carboxylic acids is 2. The third kappa shape index (κ3) is 540. The first kappa shape index (κ1) is 18.1. The number of hydrogen-bond donors (Lipinski definition) is 2. The molecule has 0 radical (unpaired) electrons. The molecule has 0 unspecified atom stereocenters. The number of ketones is 1. The molecule has 0 aromatic carbocycles. The van der Waals surface area contributed by atoms with Gasteiger partial charge in [-0.1, -0.05) is 0 Å². The molecular weight excluding hydrogens is 192 g/mol. The highest BCUT2D eigenvalue weighted by molar-refractivity contribution is 5.87. The fraction of sp³-hybridized carbons (Fsp3) is 0.500. The summed E-state index contributed by atoms with van der Waals surface area (Å²) in [5, 5.41) is 14.8. The maximum absolute atomic E-state index is 9.81. The molecule has 0 fully saturated rings. The van der Waals surface area contributed by atoms with Crippen molar-refractivity contribution in [2.75, 3.05) is 0 Å². The lowest BCUT2D eigenvalue weighted by molar-refractivity contribution is -0.135. The van der Waals surface area contributed by atoms with Gasteiger partial charge < -0.3 is 15.0 Å². The van der Waals surface area contributed by atoms with Crippen molar-refractivity contribution in [3.63, 3.8) is 0 Å². The molecule has 0 bridgehead atoms. The normalized spacial score (nSPS) is 6.79. The number of carbonyl (C=O) groups is 4. The highest BCUT2D eigenvalue weighted by atomic mass is 16.4. The number of carboxylic acids is 2. The van der Waals surface area contributed by atoms with Crippen LogP contribution in [0.2, 0.25) is 0 Å². The van der Waals surface area contributed by atoms with Gasteiger partial charge in [0.25, 0.3) is 11.9 Å². The second-order valence-electron chi connectivity index (χ2n) is 2.11. The van der Waals surface area contributed by atoms with Gasteiger partial charge >= 0.3 is 0 Å². The largest absolute Gasteiger partial charge is 0.481 e. The predicted molar refractivity (Wildman–Crippen MR) is 48.0 cm³/mol. The number of aldehydes is 1. The van der Waals surface area contributed by atoms with E-state index in [1.165, 1.54) is 6.92 Å². The molecule has 0 spiro atoms. The lowest BCUT2D eigenvalue weighted by Gasteiger charge is -1.71. The van der Waals surface area contributed by atoms with Crippen LogP contribution >= 0.6 is 0 Å². The summed E-state index contributed by atoms with van der Waals surface area (Å²) < 4.78 is 0. The highest BCUT2D eigenvalue weighted by Crippen LogP contribution is 1.69. The molecule has 0 aliphatic carbocycles. The lowest BCUT2D eigenvalue weighted by atomic mass is 10.3. The van der Waals surface area contributed by atoms with Crippen molar-refractivity contribution in [2.24, 2.45) is 0 Å². The van der Waals surface area contributed by atoms with Crippen LogP contribution in [-0.2, 0) is 19.2 Å². The van der Waals surface area contributed by atoms with Crippen molar-refractivity contribution < 1.29 is 29.4 Å². The van der Waals surface area contributed by atoms with Crippen molar-refractivity contribution in [2.45, 2.75) is 27.2 Å². The van der Waals surface area contributed by atoms with E-state index in [1.54, 1.807) is 0 Å². The number of carboxylic acid groups (broad SMARTS) is 2.